The van der Waals surface area contributed by atoms with Gasteiger partial charge >= 0.3 is 0 Å². The van der Waals surface area contributed by atoms with E-state index in [0.717, 1.165) is 0 Å². The number of nitrogens with one attached hydrogen (secondary N) is 2. The van der Waals surface area contributed by atoms with Gasteiger partial charge in [-0.1, -0.05) is 11.6 Å². The normalized spacial score (nSPS) is 10.1. The van der Waals surface area contributed by atoms with Crippen molar-refractivity contribution in [1.29, 1.82) is 5.26 Å². The number of hydrogen-bond donors (Lipinski definition) is 4. The van der Waals surface area contributed by atoms with E-state index in [1.165, 1.54) is 48.1 Å². The smallest absolute Gasteiger partial charge is 0.291 e. The molecule has 2 aromatic carbocycles. The summed E-state index contributed by atoms with van der Waals surface area (Å²) in [5.41, 5.74) is 5.81. The molecule has 0 unspecified atom stereocenters. The molecule has 5 N–H and O–H groups in total. The van der Waals surface area contributed by atoms with Crippen LogP contribution in [0.1, 0.15) is 21.0 Å². The molecular formula is C25H25ClF2N6O6. The summed E-state index contributed by atoms with van der Waals surface area (Å²) in [6.07, 6.45) is 1.22. The third-order valence-corrected chi connectivity index (χ3v) is 5.38. The number of carboxylic acid groups (broad SMARTS) is 1. The predicted octanol–water partition coefficient (Wildman–Crippen LogP) is 2.58. The Kier molecular flexibility index (Phi) is 12.4. The number of anilines is 1. The Morgan fingerprint density at radius 3 is 2.60 bits per heavy atom. The molecule has 40 heavy (non-hydrogen) atoms. The lowest BCUT2D eigenvalue weighted by atomic mass is 10.1. The van der Waals surface area contributed by atoms with Gasteiger partial charge < -0.3 is 35.5 Å². The summed E-state index contributed by atoms with van der Waals surface area (Å²) in [5.74, 6) is -4.02. The second-order valence-electron chi connectivity index (χ2n) is 7.62. The third kappa shape index (κ3) is 8.21. The molecule has 1 heterocycles. The van der Waals surface area contributed by atoms with Crippen molar-refractivity contribution in [3.05, 3.63) is 64.6 Å². The number of benzene rings is 2. The monoisotopic (exact) mass is 578 g/mol. The first-order chi connectivity index (χ1) is 19.2. The Bertz CT molecular complexity index is 1390. The maximum Gasteiger partial charge on any atom is 0.291 e. The number of nitrogens with zero attached hydrogens (tertiary/aromatic N) is 3. The van der Waals surface area contributed by atoms with Crippen molar-refractivity contribution in [2.45, 2.75) is 0 Å². The highest BCUT2D eigenvalue weighted by molar-refractivity contribution is 6.34. The Morgan fingerprint density at radius 2 is 1.95 bits per heavy atom. The van der Waals surface area contributed by atoms with E-state index in [1.807, 2.05) is 0 Å². The minimum atomic E-state index is -1.26. The summed E-state index contributed by atoms with van der Waals surface area (Å²) in [6, 6.07) is 8.46. The lowest BCUT2D eigenvalue weighted by Gasteiger charge is -2.11. The van der Waals surface area contributed by atoms with Gasteiger partial charge in [-0.3, -0.25) is 14.4 Å². The van der Waals surface area contributed by atoms with Crippen LogP contribution in [0.15, 0.2) is 36.5 Å². The summed E-state index contributed by atoms with van der Waals surface area (Å²) in [4.78, 5) is 37.5. The zero-order chi connectivity index (χ0) is 29.7. The summed E-state index contributed by atoms with van der Waals surface area (Å²) in [6.45, 7) is 0.657. The molecule has 0 aliphatic heterocycles. The number of carbonyl (C=O) groups is 3. The topological polar surface area (TPSA) is 182 Å². The standard InChI is InChI=1S/C24H23ClF2N6O4.CH2O2/c1-33-18(16-4-5-19(37-10-7-29)21(27)20(16)26)13-31-22(33)24(35)32-14-2-3-15(17(25)12-14)23(34)30-8-11-36-9-6-28;2-1-3/h2-5,12-13H,6,8-11,28H2,1H3,(H,30,34)(H,32,35);1H,(H,2,3). The molecule has 15 heteroatoms. The van der Waals surface area contributed by atoms with Crippen LogP contribution in [0.3, 0.4) is 0 Å². The highest BCUT2D eigenvalue weighted by atomic mass is 35.5. The molecule has 0 saturated carbocycles. The number of ether oxygens (including phenoxy) is 2. The Labute approximate surface area is 232 Å². The summed E-state index contributed by atoms with van der Waals surface area (Å²) < 4.78 is 40.3. The van der Waals surface area contributed by atoms with Crippen molar-refractivity contribution >= 4 is 35.6 Å². The summed E-state index contributed by atoms with van der Waals surface area (Å²) in [5, 5.41) is 20.8. The summed E-state index contributed by atoms with van der Waals surface area (Å²) in [7, 11) is 1.46. The number of aromatic nitrogens is 2. The quantitative estimate of drug-likeness (QED) is 0.196. The van der Waals surface area contributed by atoms with Gasteiger partial charge in [0.15, 0.2) is 24.0 Å². The fourth-order valence-corrected chi connectivity index (χ4v) is 3.57. The minimum absolute atomic E-state index is 0.0879. The zero-order valence-electron chi connectivity index (χ0n) is 21.1. The molecule has 1 aromatic heterocycles. The van der Waals surface area contributed by atoms with Gasteiger partial charge in [0.1, 0.15) is 6.07 Å². The molecule has 2 amide bonds. The first-order valence-corrected chi connectivity index (χ1v) is 11.8. The third-order valence-electron chi connectivity index (χ3n) is 5.07. The molecular weight excluding hydrogens is 554 g/mol. The molecule has 0 aliphatic carbocycles. The van der Waals surface area contributed by atoms with E-state index in [-0.39, 0.29) is 40.7 Å². The largest absolute Gasteiger partial charge is 0.483 e. The van der Waals surface area contributed by atoms with E-state index in [2.05, 4.69) is 15.6 Å². The molecule has 12 nitrogen and oxygen atoms in total. The van der Waals surface area contributed by atoms with E-state index in [4.69, 9.17) is 42.0 Å². The maximum atomic E-state index is 14.7. The number of hydrogen-bond acceptors (Lipinski definition) is 8. The van der Waals surface area contributed by atoms with Crippen molar-refractivity contribution in [1.82, 2.24) is 14.9 Å². The fraction of sp³-hybridized carbons (Fsp3) is 0.240. The molecule has 0 bridgehead atoms. The number of nitrogens with two attached hydrogens (primary N) is 1. The van der Waals surface area contributed by atoms with Crippen LogP contribution in [0.5, 0.6) is 5.75 Å². The molecule has 0 saturated heterocycles. The first-order valence-electron chi connectivity index (χ1n) is 11.4. The van der Waals surface area contributed by atoms with Gasteiger partial charge in [-0.25, -0.2) is 9.37 Å². The van der Waals surface area contributed by atoms with E-state index >= 15 is 0 Å². The summed E-state index contributed by atoms with van der Waals surface area (Å²) >= 11 is 6.22. The lowest BCUT2D eigenvalue weighted by molar-refractivity contribution is -0.122. The van der Waals surface area contributed by atoms with Gasteiger partial charge in [0.05, 0.1) is 35.7 Å². The Hall–Kier alpha value is -4.58. The SMILES string of the molecule is Cn1c(-c2ccc(OCC#N)c(F)c2F)cnc1C(=O)Nc1ccc(C(=O)NCCOCCN)c(Cl)c1.O=CO. The van der Waals surface area contributed by atoms with Crippen molar-refractivity contribution in [2.75, 3.05) is 38.2 Å². The highest BCUT2D eigenvalue weighted by Crippen LogP contribution is 2.30. The van der Waals surface area contributed by atoms with Crippen molar-refractivity contribution in [3.8, 4) is 23.1 Å². The van der Waals surface area contributed by atoms with E-state index < -0.39 is 35.8 Å². The van der Waals surface area contributed by atoms with Crippen LogP contribution in [0, 0.1) is 23.0 Å². The fourth-order valence-electron chi connectivity index (χ4n) is 3.30. The van der Waals surface area contributed by atoms with Gasteiger partial charge in [-0.05, 0) is 30.3 Å². The van der Waals surface area contributed by atoms with Gasteiger partial charge in [0, 0.05) is 31.4 Å². The highest BCUT2D eigenvalue weighted by Gasteiger charge is 2.22. The van der Waals surface area contributed by atoms with Crippen LogP contribution in [-0.2, 0) is 16.6 Å². The predicted molar refractivity (Wildman–Crippen MR) is 140 cm³/mol. The molecule has 0 fully saturated rings. The minimum Gasteiger partial charge on any atom is -0.483 e. The molecule has 0 radical (unpaired) electrons. The number of nitriles is 1. The average Bonchev–Trinajstić information content (AvgIpc) is 3.31. The number of imidazole rings is 1. The van der Waals surface area contributed by atoms with Gasteiger partial charge in [-0.15, -0.1) is 0 Å². The number of amides is 2. The van der Waals surface area contributed by atoms with Crippen LogP contribution in [0.25, 0.3) is 11.3 Å². The molecule has 3 aromatic rings. The Morgan fingerprint density at radius 1 is 1.23 bits per heavy atom. The Balaban J connectivity index is 0.00000178. The van der Waals surface area contributed by atoms with E-state index in [9.17, 15) is 18.4 Å². The molecule has 212 valence electrons. The van der Waals surface area contributed by atoms with Crippen LogP contribution >= 0.6 is 11.6 Å². The van der Waals surface area contributed by atoms with Crippen molar-refractivity contribution in [3.63, 3.8) is 0 Å². The van der Waals surface area contributed by atoms with Gasteiger partial charge in [0.2, 0.25) is 5.82 Å². The van der Waals surface area contributed by atoms with Crippen molar-refractivity contribution < 1.29 is 37.7 Å². The maximum absolute atomic E-state index is 14.7. The van der Waals surface area contributed by atoms with Crippen LogP contribution in [0.2, 0.25) is 5.02 Å². The number of halogens is 3. The van der Waals surface area contributed by atoms with Gasteiger partial charge in [-0.2, -0.15) is 9.65 Å². The molecule has 3 rings (SSSR count). The first kappa shape index (κ1) is 31.6. The van der Waals surface area contributed by atoms with E-state index in [1.54, 1.807) is 6.07 Å². The lowest BCUT2D eigenvalue weighted by Crippen LogP contribution is -2.28. The average molecular weight is 579 g/mol. The van der Waals surface area contributed by atoms with Crippen LogP contribution in [-0.4, -0.2) is 65.9 Å². The second-order valence-corrected chi connectivity index (χ2v) is 8.03. The number of carbonyl (C=O) groups excluding carboxylic acids is 2. The number of rotatable bonds is 11. The second kappa shape index (κ2) is 15.7. The van der Waals surface area contributed by atoms with Crippen LogP contribution in [0.4, 0.5) is 14.5 Å². The van der Waals surface area contributed by atoms with Gasteiger partial charge in [0.25, 0.3) is 18.3 Å². The zero-order valence-corrected chi connectivity index (χ0v) is 21.9. The molecule has 0 spiro atoms. The molecule has 0 aliphatic rings. The van der Waals surface area contributed by atoms with Crippen LogP contribution < -0.4 is 21.1 Å². The van der Waals surface area contributed by atoms with Crippen molar-refractivity contribution in [2.24, 2.45) is 12.8 Å². The van der Waals surface area contributed by atoms with E-state index in [0.29, 0.717) is 25.4 Å². The molecule has 0 atom stereocenters.